The van der Waals surface area contributed by atoms with Crippen LogP contribution in [-0.4, -0.2) is 72.8 Å². The van der Waals surface area contributed by atoms with Crippen LogP contribution in [0, 0.1) is 5.82 Å². The second kappa shape index (κ2) is 7.06. The minimum Gasteiger partial charge on any atom is -0.394 e. The summed E-state index contributed by atoms with van der Waals surface area (Å²) in [6.07, 6.45) is -1.35. The van der Waals surface area contributed by atoms with E-state index in [-0.39, 0.29) is 16.5 Å². The van der Waals surface area contributed by atoms with Crippen molar-refractivity contribution in [2.75, 3.05) is 24.6 Å². The SMILES string of the molecule is OC[C@H]1O[C@@H](n2cnc3c(N4CC5(CCc6c(F)cccc65)C4)nc(Cl)nc32)[C@@H](O)C1O. The first-order valence-corrected chi connectivity index (χ1v) is 10.8. The molecule has 0 radical (unpaired) electrons. The first kappa shape index (κ1) is 20.3. The molecule has 2 aliphatic heterocycles. The monoisotopic (exact) mass is 461 g/mol. The van der Waals surface area contributed by atoms with Gasteiger partial charge in [-0.2, -0.15) is 9.97 Å². The molecule has 9 nitrogen and oxygen atoms in total. The molecule has 3 aromatic rings. The molecular weight excluding hydrogens is 441 g/mol. The molecular formula is C21H21ClFN5O4. The summed E-state index contributed by atoms with van der Waals surface area (Å²) < 4.78 is 21.3. The smallest absolute Gasteiger partial charge is 0.226 e. The molecule has 1 unspecified atom stereocenters. The predicted molar refractivity (Wildman–Crippen MR) is 112 cm³/mol. The molecule has 0 saturated carbocycles. The van der Waals surface area contributed by atoms with Crippen molar-refractivity contribution in [1.82, 2.24) is 19.5 Å². The highest BCUT2D eigenvalue weighted by molar-refractivity contribution is 6.28. The molecule has 0 amide bonds. The zero-order valence-corrected chi connectivity index (χ0v) is 17.7. The number of ether oxygens (including phenoxy) is 1. The number of aliphatic hydroxyl groups is 3. The molecule has 2 fully saturated rings. The van der Waals surface area contributed by atoms with Crippen LogP contribution >= 0.6 is 11.6 Å². The fourth-order valence-electron chi connectivity index (χ4n) is 5.36. The third kappa shape index (κ3) is 2.74. The molecule has 2 aromatic heterocycles. The van der Waals surface area contributed by atoms with Crippen molar-refractivity contribution in [1.29, 1.82) is 0 Å². The first-order chi connectivity index (χ1) is 15.4. The summed E-state index contributed by atoms with van der Waals surface area (Å²) in [5.74, 6) is 0.406. The highest BCUT2D eigenvalue weighted by atomic mass is 35.5. The Morgan fingerprint density at radius 2 is 2.03 bits per heavy atom. The summed E-state index contributed by atoms with van der Waals surface area (Å²) in [6.45, 7) is 0.888. The van der Waals surface area contributed by atoms with Crippen LogP contribution in [0.15, 0.2) is 24.5 Å². The number of aliphatic hydroxyl groups excluding tert-OH is 3. The summed E-state index contributed by atoms with van der Waals surface area (Å²) in [5, 5.41) is 29.9. The number of halogens is 2. The minimum atomic E-state index is -1.26. The maximum Gasteiger partial charge on any atom is 0.226 e. The lowest BCUT2D eigenvalue weighted by Crippen LogP contribution is -2.58. The van der Waals surface area contributed by atoms with Gasteiger partial charge in [0.05, 0.1) is 12.9 Å². The topological polar surface area (TPSA) is 117 Å². The molecule has 1 aliphatic carbocycles. The van der Waals surface area contributed by atoms with E-state index in [1.54, 1.807) is 6.07 Å². The molecule has 4 heterocycles. The van der Waals surface area contributed by atoms with E-state index in [0.29, 0.717) is 30.1 Å². The van der Waals surface area contributed by atoms with Gasteiger partial charge in [0.1, 0.15) is 24.1 Å². The van der Waals surface area contributed by atoms with Crippen molar-refractivity contribution in [3.63, 3.8) is 0 Å². The van der Waals surface area contributed by atoms with Gasteiger partial charge < -0.3 is 25.0 Å². The standard InChI is InChI=1S/C21H21ClFN5O4/c22-20-25-17(27-7-21(8-27)5-4-10-11(21)2-1-3-12(10)23)14-18(26-20)28(9-24-14)19-16(31)15(30)13(6-29)32-19/h1-3,9,13,15-16,19,29-31H,4-8H2/t13-,15?,16+,19-/m1/s1. The summed E-state index contributed by atoms with van der Waals surface area (Å²) >= 11 is 6.23. The van der Waals surface area contributed by atoms with Crippen LogP contribution in [0.25, 0.3) is 11.2 Å². The Kier molecular flexibility index (Phi) is 4.47. The molecule has 32 heavy (non-hydrogen) atoms. The molecule has 3 N–H and O–H groups in total. The van der Waals surface area contributed by atoms with Gasteiger partial charge in [-0.15, -0.1) is 0 Å². The Morgan fingerprint density at radius 3 is 2.78 bits per heavy atom. The van der Waals surface area contributed by atoms with Gasteiger partial charge in [0.15, 0.2) is 23.2 Å². The van der Waals surface area contributed by atoms with Crippen LogP contribution < -0.4 is 4.90 Å². The quantitative estimate of drug-likeness (QED) is 0.493. The predicted octanol–water partition coefficient (Wildman–Crippen LogP) is 0.934. The van der Waals surface area contributed by atoms with E-state index in [1.807, 2.05) is 11.0 Å². The molecule has 4 atom stereocenters. The molecule has 11 heteroatoms. The van der Waals surface area contributed by atoms with Crippen LogP contribution in [0.2, 0.25) is 5.28 Å². The highest BCUT2D eigenvalue weighted by Crippen LogP contribution is 2.48. The minimum absolute atomic E-state index is 0.0137. The fourth-order valence-corrected chi connectivity index (χ4v) is 5.52. The average Bonchev–Trinajstić information content (AvgIpc) is 3.42. The van der Waals surface area contributed by atoms with Gasteiger partial charge in [-0.1, -0.05) is 12.1 Å². The van der Waals surface area contributed by atoms with Gasteiger partial charge in [-0.3, -0.25) is 4.57 Å². The van der Waals surface area contributed by atoms with E-state index >= 15 is 0 Å². The largest absolute Gasteiger partial charge is 0.394 e. The third-order valence-electron chi connectivity index (χ3n) is 7.00. The number of rotatable bonds is 3. The van der Waals surface area contributed by atoms with Crippen molar-refractivity contribution >= 4 is 28.6 Å². The maximum absolute atomic E-state index is 14.2. The lowest BCUT2D eigenvalue weighted by Gasteiger charge is -2.49. The number of hydrogen-bond donors (Lipinski definition) is 3. The molecule has 2 saturated heterocycles. The van der Waals surface area contributed by atoms with Crippen molar-refractivity contribution in [2.24, 2.45) is 0 Å². The number of benzene rings is 1. The zero-order valence-electron chi connectivity index (χ0n) is 16.9. The Balaban J connectivity index is 1.34. The second-order valence-electron chi connectivity index (χ2n) is 8.77. The normalized spacial score (nSPS) is 28.5. The van der Waals surface area contributed by atoms with Crippen LogP contribution in [0.4, 0.5) is 10.2 Å². The Hall–Kier alpha value is -2.37. The summed E-state index contributed by atoms with van der Waals surface area (Å²) in [7, 11) is 0. The molecule has 6 rings (SSSR count). The van der Waals surface area contributed by atoms with Crippen LogP contribution in [-0.2, 0) is 16.6 Å². The second-order valence-corrected chi connectivity index (χ2v) is 9.11. The van der Waals surface area contributed by atoms with Gasteiger partial charge in [0.2, 0.25) is 5.28 Å². The zero-order chi connectivity index (χ0) is 22.2. The van der Waals surface area contributed by atoms with E-state index in [9.17, 15) is 19.7 Å². The Morgan fingerprint density at radius 1 is 1.22 bits per heavy atom. The average molecular weight is 462 g/mol. The number of imidazole rings is 1. The van der Waals surface area contributed by atoms with Crippen molar-refractivity contribution in [3.05, 3.63) is 46.8 Å². The van der Waals surface area contributed by atoms with E-state index < -0.39 is 31.1 Å². The van der Waals surface area contributed by atoms with Gasteiger partial charge in [-0.05, 0) is 41.6 Å². The third-order valence-corrected chi connectivity index (χ3v) is 7.17. The van der Waals surface area contributed by atoms with E-state index in [0.717, 1.165) is 24.0 Å². The van der Waals surface area contributed by atoms with Crippen molar-refractivity contribution < 1.29 is 24.4 Å². The molecule has 1 spiro atoms. The van der Waals surface area contributed by atoms with Gasteiger partial charge >= 0.3 is 0 Å². The lowest BCUT2D eigenvalue weighted by atomic mass is 9.75. The van der Waals surface area contributed by atoms with Gasteiger partial charge in [0, 0.05) is 18.5 Å². The Bertz CT molecular complexity index is 1220. The summed E-state index contributed by atoms with van der Waals surface area (Å²) in [5.41, 5.74) is 2.58. The maximum atomic E-state index is 14.2. The van der Waals surface area contributed by atoms with Crippen LogP contribution in [0.3, 0.4) is 0 Å². The van der Waals surface area contributed by atoms with Gasteiger partial charge in [0.25, 0.3) is 0 Å². The molecule has 1 aromatic carbocycles. The van der Waals surface area contributed by atoms with E-state index in [4.69, 9.17) is 16.3 Å². The van der Waals surface area contributed by atoms with Crippen LogP contribution in [0.1, 0.15) is 23.8 Å². The fraction of sp³-hybridized carbons (Fsp3) is 0.476. The number of hydrogen-bond acceptors (Lipinski definition) is 8. The van der Waals surface area contributed by atoms with Crippen molar-refractivity contribution in [2.45, 2.75) is 42.8 Å². The Labute approximate surface area is 187 Å². The van der Waals surface area contributed by atoms with E-state index in [2.05, 4.69) is 15.0 Å². The first-order valence-electron chi connectivity index (χ1n) is 10.5. The van der Waals surface area contributed by atoms with Gasteiger partial charge in [-0.25, -0.2) is 9.37 Å². The lowest BCUT2D eigenvalue weighted by molar-refractivity contribution is -0.0511. The number of anilines is 1. The number of nitrogens with zero attached hydrogens (tertiary/aromatic N) is 5. The summed E-state index contributed by atoms with van der Waals surface area (Å²) in [6, 6.07) is 5.26. The molecule has 3 aliphatic rings. The molecule has 168 valence electrons. The van der Waals surface area contributed by atoms with Crippen LogP contribution in [0.5, 0.6) is 0 Å². The van der Waals surface area contributed by atoms with E-state index in [1.165, 1.54) is 17.0 Å². The highest BCUT2D eigenvalue weighted by Gasteiger charge is 2.50. The molecule has 0 bridgehead atoms. The summed E-state index contributed by atoms with van der Waals surface area (Å²) in [4.78, 5) is 15.1. The number of aromatic nitrogens is 4. The number of fused-ring (bicyclic) bond motifs is 3. The van der Waals surface area contributed by atoms with Crippen molar-refractivity contribution in [3.8, 4) is 0 Å².